The van der Waals surface area contributed by atoms with Crippen molar-refractivity contribution in [3.05, 3.63) is 95.6 Å². The summed E-state index contributed by atoms with van der Waals surface area (Å²) in [7, 11) is -4.07. The summed E-state index contributed by atoms with van der Waals surface area (Å²) in [6.07, 6.45) is 1.29. The zero-order chi connectivity index (χ0) is 28.6. The molecule has 0 aromatic heterocycles. The molecule has 2 atom stereocenters. The molecule has 3 aromatic carbocycles. The number of amides is 2. The van der Waals surface area contributed by atoms with Crippen molar-refractivity contribution in [2.45, 2.75) is 64.4 Å². The van der Waals surface area contributed by atoms with Crippen molar-refractivity contribution >= 4 is 27.5 Å². The Bertz CT molecular complexity index is 1360. The van der Waals surface area contributed by atoms with E-state index in [1.807, 2.05) is 64.1 Å². The Balaban J connectivity index is 1.97. The van der Waals surface area contributed by atoms with Gasteiger partial charge >= 0.3 is 0 Å². The number of nitrogens with zero attached hydrogens (tertiary/aromatic N) is 2. The lowest BCUT2D eigenvalue weighted by Gasteiger charge is -2.32. The van der Waals surface area contributed by atoms with Gasteiger partial charge in [-0.2, -0.15) is 0 Å². The first-order chi connectivity index (χ1) is 18.5. The molecule has 7 nitrogen and oxygen atoms in total. The van der Waals surface area contributed by atoms with Gasteiger partial charge in [0.25, 0.3) is 10.0 Å². The molecule has 0 aliphatic heterocycles. The molecule has 3 rings (SSSR count). The third-order valence-corrected chi connectivity index (χ3v) is 8.62. The van der Waals surface area contributed by atoms with Crippen LogP contribution in [-0.4, -0.2) is 50.3 Å². The average Bonchev–Trinajstić information content (AvgIpc) is 2.92. The van der Waals surface area contributed by atoms with Crippen LogP contribution >= 0.6 is 0 Å². The van der Waals surface area contributed by atoms with Crippen LogP contribution in [0.5, 0.6) is 0 Å². The number of rotatable bonds is 12. The van der Waals surface area contributed by atoms with Crippen LogP contribution in [-0.2, 0) is 26.0 Å². The first kappa shape index (κ1) is 29.9. The van der Waals surface area contributed by atoms with E-state index >= 15 is 0 Å². The molecule has 39 heavy (non-hydrogen) atoms. The highest BCUT2D eigenvalue weighted by molar-refractivity contribution is 7.92. The molecule has 0 aliphatic carbocycles. The Kier molecular flexibility index (Phi) is 10.3. The van der Waals surface area contributed by atoms with Gasteiger partial charge in [0, 0.05) is 12.6 Å². The summed E-state index contributed by atoms with van der Waals surface area (Å²) < 4.78 is 28.9. The Labute approximate surface area is 232 Å². The maximum Gasteiger partial charge on any atom is 0.264 e. The van der Waals surface area contributed by atoms with E-state index in [4.69, 9.17) is 0 Å². The zero-order valence-electron chi connectivity index (χ0n) is 23.4. The summed E-state index contributed by atoms with van der Waals surface area (Å²) >= 11 is 0. The van der Waals surface area contributed by atoms with E-state index < -0.39 is 28.5 Å². The zero-order valence-corrected chi connectivity index (χ0v) is 24.2. The summed E-state index contributed by atoms with van der Waals surface area (Å²) in [5.74, 6) is -0.718. The lowest BCUT2D eigenvalue weighted by atomic mass is 10.1. The Morgan fingerprint density at radius 2 is 1.54 bits per heavy atom. The van der Waals surface area contributed by atoms with E-state index in [9.17, 15) is 18.0 Å². The summed E-state index contributed by atoms with van der Waals surface area (Å²) in [5, 5.41) is 2.95. The van der Waals surface area contributed by atoms with Crippen molar-refractivity contribution in [1.82, 2.24) is 10.2 Å². The smallest absolute Gasteiger partial charge is 0.264 e. The third-order valence-electron chi connectivity index (χ3n) is 6.83. The molecule has 0 fully saturated rings. The van der Waals surface area contributed by atoms with Gasteiger partial charge in [-0.05, 0) is 75.9 Å². The first-order valence-corrected chi connectivity index (χ1v) is 14.8. The van der Waals surface area contributed by atoms with Gasteiger partial charge in [-0.1, -0.05) is 67.1 Å². The predicted molar refractivity (Wildman–Crippen MR) is 156 cm³/mol. The third kappa shape index (κ3) is 7.93. The van der Waals surface area contributed by atoms with Crippen LogP contribution in [0.2, 0.25) is 0 Å². The number of hydrogen-bond donors (Lipinski definition) is 1. The van der Waals surface area contributed by atoms with Crippen LogP contribution in [0, 0.1) is 13.8 Å². The number of benzene rings is 3. The number of carbonyl (C=O) groups is 2. The second-order valence-corrected chi connectivity index (χ2v) is 11.8. The van der Waals surface area contributed by atoms with Crippen molar-refractivity contribution < 1.29 is 18.0 Å². The molecule has 0 saturated heterocycles. The minimum atomic E-state index is -4.07. The van der Waals surface area contributed by atoms with Crippen LogP contribution in [0.3, 0.4) is 0 Å². The number of aryl methyl sites for hydroxylation is 2. The van der Waals surface area contributed by atoms with E-state index in [-0.39, 0.29) is 23.4 Å². The lowest BCUT2D eigenvalue weighted by Crippen LogP contribution is -2.53. The lowest BCUT2D eigenvalue weighted by molar-refractivity contribution is -0.139. The summed E-state index contributed by atoms with van der Waals surface area (Å²) in [4.78, 5) is 28.6. The van der Waals surface area contributed by atoms with Crippen LogP contribution < -0.4 is 9.62 Å². The summed E-state index contributed by atoms with van der Waals surface area (Å²) in [6, 6.07) is 22.5. The molecule has 8 heteroatoms. The van der Waals surface area contributed by atoms with E-state index in [1.165, 1.54) is 4.90 Å². The number of nitrogens with one attached hydrogen (secondary N) is 1. The quantitative estimate of drug-likeness (QED) is 0.349. The van der Waals surface area contributed by atoms with E-state index in [1.54, 1.807) is 49.4 Å². The fourth-order valence-electron chi connectivity index (χ4n) is 4.18. The van der Waals surface area contributed by atoms with Crippen LogP contribution in [0.1, 0.15) is 43.9 Å². The molecule has 0 spiro atoms. The highest BCUT2D eigenvalue weighted by Gasteiger charge is 2.32. The number of hydrogen-bond acceptors (Lipinski definition) is 4. The highest BCUT2D eigenvalue weighted by Crippen LogP contribution is 2.25. The van der Waals surface area contributed by atoms with Crippen molar-refractivity contribution in [3.8, 4) is 0 Å². The largest absolute Gasteiger partial charge is 0.352 e. The van der Waals surface area contributed by atoms with Gasteiger partial charge in [-0.25, -0.2) is 8.42 Å². The maximum atomic E-state index is 13.9. The molecule has 0 heterocycles. The Hall–Kier alpha value is -3.65. The fourth-order valence-corrected chi connectivity index (χ4v) is 5.59. The van der Waals surface area contributed by atoms with E-state index in [0.717, 1.165) is 27.4 Å². The van der Waals surface area contributed by atoms with Crippen molar-refractivity contribution in [2.24, 2.45) is 0 Å². The van der Waals surface area contributed by atoms with Gasteiger partial charge in [0.05, 0.1) is 10.6 Å². The molecule has 2 amide bonds. The van der Waals surface area contributed by atoms with Crippen molar-refractivity contribution in [2.75, 3.05) is 17.4 Å². The van der Waals surface area contributed by atoms with Crippen LogP contribution in [0.15, 0.2) is 83.8 Å². The molecule has 0 radical (unpaired) electrons. The van der Waals surface area contributed by atoms with Crippen molar-refractivity contribution in [1.29, 1.82) is 0 Å². The number of anilines is 1. The monoisotopic (exact) mass is 549 g/mol. The Morgan fingerprint density at radius 1 is 0.872 bits per heavy atom. The topological polar surface area (TPSA) is 86.8 Å². The molecular formula is C31H39N3O4S. The second-order valence-electron chi connectivity index (χ2n) is 9.98. The molecule has 0 bridgehead atoms. The fraction of sp³-hybridized carbons (Fsp3) is 0.355. The van der Waals surface area contributed by atoms with Crippen molar-refractivity contribution in [3.63, 3.8) is 0 Å². The molecular weight excluding hydrogens is 510 g/mol. The normalized spacial score (nSPS) is 12.8. The molecule has 1 N–H and O–H groups in total. The van der Waals surface area contributed by atoms with Gasteiger partial charge in [-0.15, -0.1) is 0 Å². The molecule has 3 aromatic rings. The molecule has 0 saturated carbocycles. The SMILES string of the molecule is CC[C@@H](C)NC(=O)[C@H](C)N(CCc1ccccc1)C(=O)CN(c1cccc(C)c1)S(=O)(=O)c1ccc(C)cc1. The van der Waals surface area contributed by atoms with Crippen LogP contribution in [0.4, 0.5) is 5.69 Å². The van der Waals surface area contributed by atoms with Gasteiger partial charge in [0.15, 0.2) is 0 Å². The second kappa shape index (κ2) is 13.4. The highest BCUT2D eigenvalue weighted by atomic mass is 32.2. The predicted octanol–water partition coefficient (Wildman–Crippen LogP) is 4.87. The van der Waals surface area contributed by atoms with Crippen LogP contribution in [0.25, 0.3) is 0 Å². The van der Waals surface area contributed by atoms with E-state index in [0.29, 0.717) is 12.1 Å². The molecule has 0 unspecified atom stereocenters. The Morgan fingerprint density at radius 3 is 2.15 bits per heavy atom. The van der Waals surface area contributed by atoms with E-state index in [2.05, 4.69) is 5.32 Å². The minimum Gasteiger partial charge on any atom is -0.352 e. The molecule has 208 valence electrons. The summed E-state index contributed by atoms with van der Waals surface area (Å²) in [6.45, 7) is 9.16. The number of sulfonamides is 1. The minimum absolute atomic E-state index is 0.0447. The average molecular weight is 550 g/mol. The maximum absolute atomic E-state index is 13.9. The van der Waals surface area contributed by atoms with Gasteiger partial charge in [-0.3, -0.25) is 13.9 Å². The van der Waals surface area contributed by atoms with Gasteiger partial charge < -0.3 is 10.2 Å². The van der Waals surface area contributed by atoms with Gasteiger partial charge in [0.2, 0.25) is 11.8 Å². The van der Waals surface area contributed by atoms with Gasteiger partial charge in [0.1, 0.15) is 12.6 Å². The molecule has 0 aliphatic rings. The summed E-state index contributed by atoms with van der Waals surface area (Å²) in [5.41, 5.74) is 3.21. The standard InChI is InChI=1S/C31H39N3O4S/c1-6-25(4)32-31(36)26(5)33(20-19-27-12-8-7-9-13-27)30(35)22-34(28-14-10-11-24(3)21-28)39(37,38)29-17-15-23(2)16-18-29/h7-18,21,25-26H,6,19-20,22H2,1-5H3,(H,32,36)/t25-,26+/m1/s1. The first-order valence-electron chi connectivity index (χ1n) is 13.3. The number of carbonyl (C=O) groups excluding carboxylic acids is 2.